The molecule has 0 bridgehead atoms. The first kappa shape index (κ1) is 16.3. The van der Waals surface area contributed by atoms with Gasteiger partial charge < -0.3 is 9.47 Å². The van der Waals surface area contributed by atoms with Crippen molar-refractivity contribution in [1.29, 1.82) is 0 Å². The molecular weight excluding hydrogens is 282 g/mol. The van der Waals surface area contributed by atoms with Gasteiger partial charge in [-0.3, -0.25) is 4.79 Å². The fourth-order valence-corrected chi connectivity index (χ4v) is 2.52. The molecule has 0 radical (unpaired) electrons. The number of nitrogens with zero attached hydrogens (tertiary/aromatic N) is 1. The number of likely N-dealkylation sites (tertiary alicyclic amines) is 1. The van der Waals surface area contributed by atoms with E-state index in [1.54, 1.807) is 27.9 Å². The van der Waals surface area contributed by atoms with Crippen LogP contribution in [0.1, 0.15) is 45.1 Å². The van der Waals surface area contributed by atoms with Gasteiger partial charge in [-0.05, 0) is 50.8 Å². The van der Waals surface area contributed by atoms with E-state index in [1.807, 2.05) is 24.3 Å². The van der Waals surface area contributed by atoms with Gasteiger partial charge in [0.2, 0.25) is 5.91 Å². The summed E-state index contributed by atoms with van der Waals surface area (Å²) in [4.78, 5) is 25.5. The predicted octanol–water partition coefficient (Wildman–Crippen LogP) is 3.34. The SMILES string of the molecule is COc1cccc([C@@H]2CCN(C(=O)OC(C)(C)C)C(=O)C2)c1. The summed E-state index contributed by atoms with van der Waals surface area (Å²) in [6.07, 6.45) is 0.492. The molecule has 1 saturated heterocycles. The van der Waals surface area contributed by atoms with E-state index in [1.165, 1.54) is 4.90 Å². The summed E-state index contributed by atoms with van der Waals surface area (Å²) in [7, 11) is 1.62. The third-order valence-electron chi connectivity index (χ3n) is 3.60. The van der Waals surface area contributed by atoms with E-state index < -0.39 is 11.7 Å². The molecule has 2 rings (SSSR count). The number of carbonyl (C=O) groups is 2. The van der Waals surface area contributed by atoms with Gasteiger partial charge >= 0.3 is 6.09 Å². The van der Waals surface area contributed by atoms with Crippen LogP contribution >= 0.6 is 0 Å². The smallest absolute Gasteiger partial charge is 0.417 e. The van der Waals surface area contributed by atoms with Crippen LogP contribution in [0.15, 0.2) is 24.3 Å². The third kappa shape index (κ3) is 4.00. The normalized spacial score (nSPS) is 19.0. The predicted molar refractivity (Wildman–Crippen MR) is 82.9 cm³/mol. The van der Waals surface area contributed by atoms with Crippen molar-refractivity contribution in [3.05, 3.63) is 29.8 Å². The molecule has 1 heterocycles. The lowest BCUT2D eigenvalue weighted by molar-refractivity contribution is -0.132. The summed E-state index contributed by atoms with van der Waals surface area (Å²) in [5.74, 6) is 0.703. The fraction of sp³-hybridized carbons (Fsp3) is 0.529. The standard InChI is InChI=1S/C17H23NO4/c1-17(2,3)22-16(20)18-9-8-13(11-15(18)19)12-6-5-7-14(10-12)21-4/h5-7,10,13H,8-9,11H2,1-4H3/t13-/m1/s1. The number of ether oxygens (including phenoxy) is 2. The number of rotatable bonds is 2. The molecule has 5 nitrogen and oxygen atoms in total. The second-order valence-electron chi connectivity index (χ2n) is 6.49. The molecule has 0 aliphatic carbocycles. The number of imide groups is 1. The zero-order chi connectivity index (χ0) is 16.3. The number of amides is 2. The number of hydrogen-bond acceptors (Lipinski definition) is 4. The van der Waals surface area contributed by atoms with E-state index in [0.717, 1.165) is 17.7 Å². The minimum Gasteiger partial charge on any atom is -0.497 e. The van der Waals surface area contributed by atoms with Crippen molar-refractivity contribution in [2.75, 3.05) is 13.7 Å². The summed E-state index contributed by atoms with van der Waals surface area (Å²) in [6, 6.07) is 7.73. The molecule has 2 amide bonds. The Morgan fingerprint density at radius 1 is 1.32 bits per heavy atom. The Morgan fingerprint density at radius 3 is 2.64 bits per heavy atom. The number of hydrogen-bond donors (Lipinski definition) is 0. The van der Waals surface area contributed by atoms with E-state index in [4.69, 9.17) is 9.47 Å². The average Bonchev–Trinajstić information content (AvgIpc) is 2.45. The maximum atomic E-state index is 12.3. The Labute approximate surface area is 131 Å². The zero-order valence-electron chi connectivity index (χ0n) is 13.6. The highest BCUT2D eigenvalue weighted by Crippen LogP contribution is 2.31. The summed E-state index contributed by atoms with van der Waals surface area (Å²) in [6.45, 7) is 5.75. The van der Waals surface area contributed by atoms with Crippen molar-refractivity contribution in [2.24, 2.45) is 0 Å². The zero-order valence-corrected chi connectivity index (χ0v) is 13.6. The molecule has 5 heteroatoms. The molecule has 0 unspecified atom stereocenters. The molecule has 1 aromatic carbocycles. The highest BCUT2D eigenvalue weighted by molar-refractivity contribution is 5.93. The summed E-state index contributed by atoms with van der Waals surface area (Å²) in [5, 5.41) is 0. The van der Waals surface area contributed by atoms with Crippen molar-refractivity contribution in [3.63, 3.8) is 0 Å². The van der Waals surface area contributed by atoms with Crippen molar-refractivity contribution < 1.29 is 19.1 Å². The lowest BCUT2D eigenvalue weighted by atomic mass is 9.89. The van der Waals surface area contributed by atoms with Gasteiger partial charge in [0, 0.05) is 13.0 Å². The van der Waals surface area contributed by atoms with Crippen molar-refractivity contribution in [1.82, 2.24) is 4.90 Å². The Kier molecular flexibility index (Phi) is 4.74. The van der Waals surface area contributed by atoms with Gasteiger partial charge in [0.1, 0.15) is 11.4 Å². The third-order valence-corrected chi connectivity index (χ3v) is 3.60. The highest BCUT2D eigenvalue weighted by atomic mass is 16.6. The van der Waals surface area contributed by atoms with Crippen LogP contribution in [0.2, 0.25) is 0 Å². The minimum atomic E-state index is -0.596. The van der Waals surface area contributed by atoms with Crippen LogP contribution in [0.3, 0.4) is 0 Å². The van der Waals surface area contributed by atoms with Gasteiger partial charge in [-0.15, -0.1) is 0 Å². The Balaban J connectivity index is 2.03. The van der Waals surface area contributed by atoms with Crippen LogP contribution in [-0.4, -0.2) is 36.2 Å². The van der Waals surface area contributed by atoms with Crippen LogP contribution < -0.4 is 4.74 Å². The van der Waals surface area contributed by atoms with Crippen LogP contribution in [0.4, 0.5) is 4.79 Å². The highest BCUT2D eigenvalue weighted by Gasteiger charge is 2.33. The average molecular weight is 305 g/mol. The maximum absolute atomic E-state index is 12.3. The van der Waals surface area contributed by atoms with Gasteiger partial charge in [-0.1, -0.05) is 12.1 Å². The Hall–Kier alpha value is -2.04. The maximum Gasteiger partial charge on any atom is 0.417 e. The monoisotopic (exact) mass is 305 g/mol. The van der Waals surface area contributed by atoms with Gasteiger partial charge in [-0.25, -0.2) is 9.69 Å². The number of piperidine rings is 1. The molecule has 1 aliphatic heterocycles. The largest absolute Gasteiger partial charge is 0.497 e. The van der Waals surface area contributed by atoms with Gasteiger partial charge in [-0.2, -0.15) is 0 Å². The van der Waals surface area contributed by atoms with E-state index in [0.29, 0.717) is 13.0 Å². The van der Waals surface area contributed by atoms with Gasteiger partial charge in [0.15, 0.2) is 0 Å². The first-order valence-electron chi connectivity index (χ1n) is 7.47. The topological polar surface area (TPSA) is 55.8 Å². The van der Waals surface area contributed by atoms with Crippen LogP contribution in [0, 0.1) is 0 Å². The lowest BCUT2D eigenvalue weighted by Gasteiger charge is -2.32. The quantitative estimate of drug-likeness (QED) is 0.841. The minimum absolute atomic E-state index is 0.112. The van der Waals surface area contributed by atoms with Crippen molar-refractivity contribution in [2.45, 2.75) is 45.1 Å². The van der Waals surface area contributed by atoms with Crippen LogP contribution in [-0.2, 0) is 9.53 Å². The molecule has 1 aliphatic rings. The summed E-state index contributed by atoms with van der Waals surface area (Å²) >= 11 is 0. The molecular formula is C17H23NO4. The Bertz CT molecular complexity index is 562. The summed E-state index contributed by atoms with van der Waals surface area (Å²) < 4.78 is 10.5. The van der Waals surface area contributed by atoms with Crippen LogP contribution in [0.5, 0.6) is 5.75 Å². The number of benzene rings is 1. The van der Waals surface area contributed by atoms with Gasteiger partial charge in [0.05, 0.1) is 7.11 Å². The molecule has 0 aromatic heterocycles. The van der Waals surface area contributed by atoms with E-state index in [-0.39, 0.29) is 11.8 Å². The molecule has 22 heavy (non-hydrogen) atoms. The molecule has 0 spiro atoms. The van der Waals surface area contributed by atoms with E-state index in [2.05, 4.69) is 0 Å². The van der Waals surface area contributed by atoms with E-state index in [9.17, 15) is 9.59 Å². The van der Waals surface area contributed by atoms with Gasteiger partial charge in [0.25, 0.3) is 0 Å². The second kappa shape index (κ2) is 6.38. The Morgan fingerprint density at radius 2 is 2.05 bits per heavy atom. The van der Waals surface area contributed by atoms with Crippen molar-refractivity contribution >= 4 is 12.0 Å². The number of carbonyl (C=O) groups excluding carboxylic acids is 2. The molecule has 1 atom stereocenters. The summed E-state index contributed by atoms with van der Waals surface area (Å²) in [5.41, 5.74) is 0.470. The fourth-order valence-electron chi connectivity index (χ4n) is 2.52. The molecule has 0 saturated carbocycles. The molecule has 1 fully saturated rings. The number of methoxy groups -OCH3 is 1. The van der Waals surface area contributed by atoms with E-state index >= 15 is 0 Å². The molecule has 1 aromatic rings. The second-order valence-corrected chi connectivity index (χ2v) is 6.49. The molecule has 0 N–H and O–H groups in total. The van der Waals surface area contributed by atoms with Crippen molar-refractivity contribution in [3.8, 4) is 5.75 Å². The molecule has 120 valence electrons. The lowest BCUT2D eigenvalue weighted by Crippen LogP contribution is -2.44. The first-order chi connectivity index (χ1) is 10.3. The first-order valence-corrected chi connectivity index (χ1v) is 7.47. The van der Waals surface area contributed by atoms with Crippen LogP contribution in [0.25, 0.3) is 0 Å².